The average molecular weight is 430 g/mol. The van der Waals surface area contributed by atoms with E-state index in [0.717, 1.165) is 16.0 Å². The Bertz CT molecular complexity index is 1340. The number of nitrogens with zero attached hydrogens (tertiary/aromatic N) is 6. The number of hydrogen-bond donors (Lipinski definition) is 2. The first-order valence-electron chi connectivity index (χ1n) is 9.98. The summed E-state index contributed by atoms with van der Waals surface area (Å²) in [6, 6.07) is 15.7. The fourth-order valence-electron chi connectivity index (χ4n) is 3.92. The first-order chi connectivity index (χ1) is 15.5. The van der Waals surface area contributed by atoms with E-state index in [1.807, 2.05) is 54.6 Å². The molecule has 2 aromatic carbocycles. The van der Waals surface area contributed by atoms with E-state index in [9.17, 15) is 14.7 Å². The lowest BCUT2D eigenvalue weighted by molar-refractivity contribution is -0.552. The Kier molecular flexibility index (Phi) is 4.54. The predicted octanol–water partition coefficient (Wildman–Crippen LogP) is 2.83. The van der Waals surface area contributed by atoms with Gasteiger partial charge in [0.25, 0.3) is 5.91 Å². The van der Waals surface area contributed by atoms with E-state index in [-0.39, 0.29) is 23.4 Å². The van der Waals surface area contributed by atoms with Crippen LogP contribution in [0.25, 0.3) is 10.9 Å². The highest BCUT2D eigenvalue weighted by Crippen LogP contribution is 2.35. The SMILES string of the molecule is CN1C(=O)C2C(=NC(N=Nc3c(O)[nH]c4ccccc34)=[N+]2Cc2ccccc2)N(C)C1=O. The summed E-state index contributed by atoms with van der Waals surface area (Å²) in [5.74, 6) is -0.0211. The second kappa shape index (κ2) is 7.41. The number of carbonyl (C=O) groups is 2. The number of amides is 3. The Balaban J connectivity index is 1.61. The van der Waals surface area contributed by atoms with Gasteiger partial charge >= 0.3 is 12.0 Å². The number of hydrogen-bond acceptors (Lipinski definition) is 6. The summed E-state index contributed by atoms with van der Waals surface area (Å²) in [5.41, 5.74) is 1.94. The molecule has 1 fully saturated rings. The molecule has 1 saturated heterocycles. The standard InChI is InChI=1S/C22H19N7O3/c1-27-18-17(20(31)28(2)22(27)32)29(12-13-8-4-3-5-9-13)21(24-18)26-25-16-14-10-6-7-11-15(14)23-19(16)30/h3-11,17H,12H2,1-2H3,(H,23,25,30)/p+1. The van der Waals surface area contributed by atoms with E-state index in [1.54, 1.807) is 11.6 Å². The van der Waals surface area contributed by atoms with Gasteiger partial charge < -0.3 is 10.1 Å². The number of likely N-dealkylation sites (N-methyl/N-ethyl adjacent to an activating group) is 2. The van der Waals surface area contributed by atoms with Gasteiger partial charge in [-0.15, -0.1) is 0 Å². The quantitative estimate of drug-likeness (QED) is 0.491. The van der Waals surface area contributed by atoms with Crippen LogP contribution < -0.4 is 0 Å². The van der Waals surface area contributed by atoms with E-state index in [0.29, 0.717) is 17.8 Å². The number of rotatable bonds is 3. The zero-order valence-electron chi connectivity index (χ0n) is 17.4. The number of aliphatic imine (C=N–C) groups is 1. The van der Waals surface area contributed by atoms with Crippen molar-refractivity contribution in [1.29, 1.82) is 0 Å². The van der Waals surface area contributed by atoms with Gasteiger partial charge in [-0.25, -0.2) is 9.37 Å². The number of aromatic amines is 1. The van der Waals surface area contributed by atoms with Gasteiger partial charge in [0.15, 0.2) is 5.69 Å². The van der Waals surface area contributed by atoms with Gasteiger partial charge in [-0.05, 0) is 16.6 Å². The van der Waals surface area contributed by atoms with Crippen LogP contribution in [0.3, 0.4) is 0 Å². The van der Waals surface area contributed by atoms with Crippen LogP contribution in [-0.2, 0) is 11.3 Å². The molecule has 0 radical (unpaired) electrons. The normalized spacial score (nSPS) is 18.8. The van der Waals surface area contributed by atoms with Crippen molar-refractivity contribution in [2.75, 3.05) is 14.1 Å². The minimum atomic E-state index is -0.798. The summed E-state index contributed by atoms with van der Waals surface area (Å²) in [4.78, 5) is 35.2. The number of aromatic nitrogens is 1. The van der Waals surface area contributed by atoms with Gasteiger partial charge in [0, 0.05) is 24.6 Å². The fourth-order valence-corrected chi connectivity index (χ4v) is 3.92. The lowest BCUT2D eigenvalue weighted by Crippen LogP contribution is -2.61. The zero-order valence-corrected chi connectivity index (χ0v) is 17.4. The van der Waals surface area contributed by atoms with Crippen LogP contribution in [0.2, 0.25) is 0 Å². The molecule has 1 aromatic heterocycles. The number of para-hydroxylation sites is 1. The molecule has 0 saturated carbocycles. The second-order valence-corrected chi connectivity index (χ2v) is 7.59. The zero-order chi connectivity index (χ0) is 22.4. The van der Waals surface area contributed by atoms with Gasteiger partial charge in [-0.1, -0.05) is 53.6 Å². The van der Waals surface area contributed by atoms with Gasteiger partial charge in [0.05, 0.1) is 12.1 Å². The van der Waals surface area contributed by atoms with Crippen molar-refractivity contribution < 1.29 is 19.3 Å². The number of azo groups is 1. The molecule has 0 spiro atoms. The van der Waals surface area contributed by atoms with Crippen LogP contribution in [0.1, 0.15) is 5.56 Å². The van der Waals surface area contributed by atoms with Crippen LogP contribution in [0, 0.1) is 0 Å². The fraction of sp³-hybridized carbons (Fsp3) is 0.182. The van der Waals surface area contributed by atoms with Crippen molar-refractivity contribution in [3.05, 3.63) is 60.2 Å². The summed E-state index contributed by atoms with van der Waals surface area (Å²) < 4.78 is 1.71. The van der Waals surface area contributed by atoms with Gasteiger partial charge in [-0.3, -0.25) is 14.6 Å². The maximum atomic E-state index is 13.0. The number of nitrogens with one attached hydrogen (secondary N) is 1. The maximum Gasteiger partial charge on any atom is 0.454 e. The molecular weight excluding hydrogens is 410 g/mol. The molecule has 3 heterocycles. The van der Waals surface area contributed by atoms with E-state index in [2.05, 4.69) is 20.2 Å². The Labute approximate surface area is 182 Å². The molecule has 10 heteroatoms. The van der Waals surface area contributed by atoms with Crippen molar-refractivity contribution in [2.45, 2.75) is 12.6 Å². The molecule has 2 N–H and O–H groups in total. The third kappa shape index (κ3) is 3.04. The Morgan fingerprint density at radius 1 is 1.03 bits per heavy atom. The molecule has 160 valence electrons. The summed E-state index contributed by atoms with van der Waals surface area (Å²) in [5, 5.41) is 19.5. The minimum absolute atomic E-state index is 0.115. The van der Waals surface area contributed by atoms with Crippen molar-refractivity contribution in [1.82, 2.24) is 14.8 Å². The molecule has 10 nitrogen and oxygen atoms in total. The van der Waals surface area contributed by atoms with Crippen LogP contribution >= 0.6 is 0 Å². The highest BCUT2D eigenvalue weighted by Gasteiger charge is 2.51. The van der Waals surface area contributed by atoms with E-state index in [1.165, 1.54) is 11.9 Å². The first kappa shape index (κ1) is 19.6. The Morgan fingerprint density at radius 3 is 2.53 bits per heavy atom. The first-order valence-corrected chi connectivity index (χ1v) is 9.98. The number of aromatic hydroxyl groups is 1. The Morgan fingerprint density at radius 2 is 1.75 bits per heavy atom. The molecule has 32 heavy (non-hydrogen) atoms. The maximum absolute atomic E-state index is 13.0. The van der Waals surface area contributed by atoms with Crippen LogP contribution in [0.15, 0.2) is 69.8 Å². The molecule has 0 bridgehead atoms. The second-order valence-electron chi connectivity index (χ2n) is 7.59. The highest BCUT2D eigenvalue weighted by molar-refractivity contribution is 6.22. The lowest BCUT2D eigenvalue weighted by Gasteiger charge is -2.31. The lowest BCUT2D eigenvalue weighted by atomic mass is 10.1. The van der Waals surface area contributed by atoms with Crippen molar-refractivity contribution in [3.63, 3.8) is 0 Å². The van der Waals surface area contributed by atoms with Crippen molar-refractivity contribution in [3.8, 4) is 5.88 Å². The van der Waals surface area contributed by atoms with Gasteiger partial charge in [0.1, 0.15) is 0 Å². The van der Waals surface area contributed by atoms with Gasteiger partial charge in [-0.2, -0.15) is 0 Å². The molecule has 5 rings (SSSR count). The minimum Gasteiger partial charge on any atom is -0.493 e. The summed E-state index contributed by atoms with van der Waals surface area (Å²) in [7, 11) is 3.02. The van der Waals surface area contributed by atoms with E-state index >= 15 is 0 Å². The molecule has 3 aromatic rings. The molecule has 2 aliphatic heterocycles. The largest absolute Gasteiger partial charge is 0.493 e. The molecular formula is C22H20N7O3+. The summed E-state index contributed by atoms with van der Waals surface area (Å²) in [6.07, 6.45) is 0. The van der Waals surface area contributed by atoms with Crippen molar-refractivity contribution in [2.24, 2.45) is 15.2 Å². The summed E-state index contributed by atoms with van der Waals surface area (Å²) in [6.45, 7) is 0.342. The molecule has 1 atom stereocenters. The average Bonchev–Trinajstić information content (AvgIpc) is 3.32. The van der Waals surface area contributed by atoms with E-state index < -0.39 is 12.1 Å². The molecule has 0 aliphatic carbocycles. The number of guanidine groups is 1. The number of benzene rings is 2. The number of imide groups is 1. The van der Waals surface area contributed by atoms with Gasteiger partial charge in [0.2, 0.25) is 17.8 Å². The van der Waals surface area contributed by atoms with Crippen LogP contribution in [0.4, 0.5) is 10.5 Å². The Hall–Kier alpha value is -4.34. The number of carbonyl (C=O) groups excluding carboxylic acids is 2. The molecule has 2 aliphatic rings. The molecule has 3 amide bonds. The topological polar surface area (TPSA) is 117 Å². The summed E-state index contributed by atoms with van der Waals surface area (Å²) >= 11 is 0. The van der Waals surface area contributed by atoms with Crippen LogP contribution in [-0.4, -0.2) is 68.3 Å². The predicted molar refractivity (Wildman–Crippen MR) is 117 cm³/mol. The van der Waals surface area contributed by atoms with Crippen LogP contribution in [0.5, 0.6) is 5.88 Å². The van der Waals surface area contributed by atoms with Crippen molar-refractivity contribution >= 4 is 40.3 Å². The molecule has 1 unspecified atom stereocenters. The smallest absolute Gasteiger partial charge is 0.454 e. The third-order valence-electron chi connectivity index (χ3n) is 5.60. The number of fused-ring (bicyclic) bond motifs is 2. The number of urea groups is 1. The van der Waals surface area contributed by atoms with E-state index in [4.69, 9.17) is 0 Å². The number of H-pyrrole nitrogens is 1. The monoisotopic (exact) mass is 430 g/mol. The third-order valence-corrected chi connectivity index (χ3v) is 5.60. The number of amidine groups is 1. The highest BCUT2D eigenvalue weighted by atomic mass is 16.3.